The molecule has 1 atom stereocenters. The number of aromatic nitrogens is 2. The Morgan fingerprint density at radius 3 is 2.31 bits per heavy atom. The van der Waals surface area contributed by atoms with E-state index in [-0.39, 0.29) is 0 Å². The van der Waals surface area contributed by atoms with Crippen molar-refractivity contribution in [2.24, 2.45) is 7.05 Å². The highest BCUT2D eigenvalue weighted by Crippen LogP contribution is 2.33. The number of anilines is 1. The van der Waals surface area contributed by atoms with E-state index in [9.17, 15) is 22.7 Å². The summed E-state index contributed by atoms with van der Waals surface area (Å²) in [5.74, 6) is 0.0183. The Labute approximate surface area is 183 Å². The van der Waals surface area contributed by atoms with Crippen molar-refractivity contribution in [3.63, 3.8) is 0 Å². The van der Waals surface area contributed by atoms with Gasteiger partial charge in [-0.3, -0.25) is 4.90 Å². The van der Waals surface area contributed by atoms with Crippen molar-refractivity contribution >= 4 is 5.69 Å². The molecule has 0 aliphatic carbocycles. The highest BCUT2D eigenvalue weighted by Gasteiger charge is 2.30. The van der Waals surface area contributed by atoms with Crippen molar-refractivity contribution in [1.29, 1.82) is 0 Å². The number of nitrogens with zero attached hydrogens (tertiary/aromatic N) is 4. The van der Waals surface area contributed by atoms with Crippen LogP contribution in [0, 0.1) is 5.82 Å². The number of hydrogen-bond acceptors (Lipinski definition) is 4. The van der Waals surface area contributed by atoms with Gasteiger partial charge in [0.05, 0.1) is 11.3 Å². The number of aryl methyl sites for hydroxylation is 1. The van der Waals surface area contributed by atoms with Crippen LogP contribution < -0.4 is 4.90 Å². The molecule has 5 nitrogen and oxygen atoms in total. The van der Waals surface area contributed by atoms with Gasteiger partial charge >= 0.3 is 6.18 Å². The fourth-order valence-electron chi connectivity index (χ4n) is 4.05. The van der Waals surface area contributed by atoms with E-state index in [0.29, 0.717) is 49.8 Å². The Morgan fingerprint density at radius 1 is 1.03 bits per heavy atom. The van der Waals surface area contributed by atoms with Gasteiger partial charge in [0.1, 0.15) is 17.7 Å². The lowest BCUT2D eigenvalue weighted by Gasteiger charge is -2.37. The Morgan fingerprint density at radius 2 is 1.72 bits per heavy atom. The van der Waals surface area contributed by atoms with E-state index in [0.717, 1.165) is 17.7 Å². The summed E-state index contributed by atoms with van der Waals surface area (Å²) in [7, 11) is 1.77. The maximum absolute atomic E-state index is 14.8. The molecule has 1 N–H and O–H groups in total. The van der Waals surface area contributed by atoms with Gasteiger partial charge in [-0.25, -0.2) is 9.37 Å². The average Bonchev–Trinajstić information content (AvgIpc) is 3.19. The van der Waals surface area contributed by atoms with Crippen LogP contribution in [0.15, 0.2) is 54.9 Å². The number of aliphatic hydroxyl groups is 1. The van der Waals surface area contributed by atoms with Crippen LogP contribution >= 0.6 is 0 Å². The monoisotopic (exact) mass is 448 g/mol. The summed E-state index contributed by atoms with van der Waals surface area (Å²) in [5.41, 5.74) is 0.945. The summed E-state index contributed by atoms with van der Waals surface area (Å²) in [4.78, 5) is 8.20. The van der Waals surface area contributed by atoms with Crippen molar-refractivity contribution in [3.05, 3.63) is 83.2 Å². The zero-order valence-corrected chi connectivity index (χ0v) is 17.6. The van der Waals surface area contributed by atoms with Crippen LogP contribution in [0.3, 0.4) is 0 Å². The van der Waals surface area contributed by atoms with Gasteiger partial charge in [0.25, 0.3) is 0 Å². The van der Waals surface area contributed by atoms with Gasteiger partial charge in [-0.15, -0.1) is 0 Å². The Bertz CT molecular complexity index is 1060. The lowest BCUT2D eigenvalue weighted by Crippen LogP contribution is -2.46. The predicted molar refractivity (Wildman–Crippen MR) is 113 cm³/mol. The minimum Gasteiger partial charge on any atom is -0.380 e. The van der Waals surface area contributed by atoms with E-state index in [1.807, 2.05) is 4.90 Å². The molecule has 1 aliphatic rings. The highest BCUT2D eigenvalue weighted by molar-refractivity contribution is 5.57. The van der Waals surface area contributed by atoms with Gasteiger partial charge in [-0.2, -0.15) is 13.2 Å². The van der Waals surface area contributed by atoms with Crippen molar-refractivity contribution in [2.45, 2.75) is 18.8 Å². The SMILES string of the molecule is Cn1ccnc1[C@@H](O)c1cccc(F)c1N1CCN(Cc2ccc(C(F)(F)F)cc2)CC1. The zero-order valence-electron chi connectivity index (χ0n) is 17.6. The molecule has 1 saturated heterocycles. The summed E-state index contributed by atoms with van der Waals surface area (Å²) < 4.78 is 54.8. The standard InChI is InChI=1S/C23H24F4N4O/c1-29-10-9-28-22(29)21(32)18-3-2-4-19(24)20(18)31-13-11-30(12-14-31)15-16-5-7-17(8-6-16)23(25,26)27/h2-10,21,32H,11-15H2,1H3/t21-/m0/s1. The minimum atomic E-state index is -4.35. The van der Waals surface area contributed by atoms with Crippen LogP contribution in [-0.2, 0) is 19.8 Å². The van der Waals surface area contributed by atoms with Crippen molar-refractivity contribution in [2.75, 3.05) is 31.1 Å². The molecule has 9 heteroatoms. The molecular weight excluding hydrogens is 424 g/mol. The molecule has 170 valence electrons. The molecule has 3 aromatic rings. The lowest BCUT2D eigenvalue weighted by atomic mass is 10.0. The first-order valence-electron chi connectivity index (χ1n) is 10.3. The second-order valence-corrected chi connectivity index (χ2v) is 7.93. The van der Waals surface area contributed by atoms with Gasteiger partial charge in [0, 0.05) is 57.7 Å². The van der Waals surface area contributed by atoms with E-state index in [2.05, 4.69) is 9.88 Å². The number of alkyl halides is 3. The molecule has 1 aromatic heterocycles. The van der Waals surface area contributed by atoms with Crippen molar-refractivity contribution in [1.82, 2.24) is 14.5 Å². The average molecular weight is 448 g/mol. The first-order chi connectivity index (χ1) is 15.2. The third kappa shape index (κ3) is 4.63. The van der Waals surface area contributed by atoms with E-state index in [1.54, 1.807) is 36.1 Å². The molecule has 2 heterocycles. The molecule has 0 saturated carbocycles. The maximum Gasteiger partial charge on any atom is 0.416 e. The predicted octanol–water partition coefficient (Wildman–Crippen LogP) is 3.98. The fourth-order valence-corrected chi connectivity index (χ4v) is 4.05. The quantitative estimate of drug-likeness (QED) is 0.600. The van der Waals surface area contributed by atoms with Crippen LogP contribution in [0.1, 0.15) is 28.6 Å². The summed E-state index contributed by atoms with van der Waals surface area (Å²) in [6.45, 7) is 2.82. The van der Waals surface area contributed by atoms with Crippen LogP contribution in [0.2, 0.25) is 0 Å². The normalized spacial score (nSPS) is 16.4. The van der Waals surface area contributed by atoms with Gasteiger partial charge in [-0.05, 0) is 23.8 Å². The van der Waals surface area contributed by atoms with E-state index in [4.69, 9.17) is 0 Å². The topological polar surface area (TPSA) is 44.5 Å². The highest BCUT2D eigenvalue weighted by atomic mass is 19.4. The minimum absolute atomic E-state index is 0.359. The number of para-hydroxylation sites is 1. The number of benzene rings is 2. The molecule has 1 fully saturated rings. The first-order valence-corrected chi connectivity index (χ1v) is 10.3. The maximum atomic E-state index is 14.8. The molecule has 0 unspecified atom stereocenters. The van der Waals surface area contributed by atoms with E-state index in [1.165, 1.54) is 18.2 Å². The van der Waals surface area contributed by atoms with Gasteiger partial charge in [-0.1, -0.05) is 24.3 Å². The molecule has 4 rings (SSSR count). The number of hydrogen-bond donors (Lipinski definition) is 1. The number of imidazole rings is 1. The Balaban J connectivity index is 1.45. The van der Waals surface area contributed by atoms with Crippen LogP contribution in [0.25, 0.3) is 0 Å². The smallest absolute Gasteiger partial charge is 0.380 e. The molecule has 0 bridgehead atoms. The largest absolute Gasteiger partial charge is 0.416 e. The van der Waals surface area contributed by atoms with Crippen LogP contribution in [0.5, 0.6) is 0 Å². The zero-order chi connectivity index (χ0) is 22.9. The summed E-state index contributed by atoms with van der Waals surface area (Å²) in [6.07, 6.45) is -2.11. The summed E-state index contributed by atoms with van der Waals surface area (Å²) >= 11 is 0. The molecule has 0 spiro atoms. The number of rotatable bonds is 5. The van der Waals surface area contributed by atoms with Crippen molar-refractivity contribution < 1.29 is 22.7 Å². The Kier molecular flexibility index (Phi) is 6.21. The molecule has 0 radical (unpaired) electrons. The fraction of sp³-hybridized carbons (Fsp3) is 0.348. The van der Waals surface area contributed by atoms with Crippen molar-refractivity contribution in [3.8, 4) is 0 Å². The van der Waals surface area contributed by atoms with Crippen LogP contribution in [-0.4, -0.2) is 45.7 Å². The first kappa shape index (κ1) is 22.3. The van der Waals surface area contributed by atoms with Gasteiger partial charge in [0.15, 0.2) is 0 Å². The lowest BCUT2D eigenvalue weighted by molar-refractivity contribution is -0.137. The third-order valence-corrected chi connectivity index (χ3v) is 5.79. The summed E-state index contributed by atoms with van der Waals surface area (Å²) in [5, 5.41) is 10.9. The number of halogens is 4. The van der Waals surface area contributed by atoms with Gasteiger partial charge in [0.2, 0.25) is 0 Å². The van der Waals surface area contributed by atoms with Crippen LogP contribution in [0.4, 0.5) is 23.2 Å². The summed E-state index contributed by atoms with van der Waals surface area (Å²) in [6, 6.07) is 9.82. The number of aliphatic hydroxyl groups excluding tert-OH is 1. The molecule has 1 aliphatic heterocycles. The second-order valence-electron chi connectivity index (χ2n) is 7.93. The molecule has 32 heavy (non-hydrogen) atoms. The Hall–Kier alpha value is -2.91. The molecule has 2 aromatic carbocycles. The third-order valence-electron chi connectivity index (χ3n) is 5.79. The van der Waals surface area contributed by atoms with E-state index >= 15 is 0 Å². The molecule has 0 amide bonds. The second kappa shape index (κ2) is 8.91. The molecular formula is C23H24F4N4O. The number of piperazine rings is 1. The van der Waals surface area contributed by atoms with Gasteiger partial charge < -0.3 is 14.6 Å². The van der Waals surface area contributed by atoms with E-state index < -0.39 is 23.7 Å².